The quantitative estimate of drug-likeness (QED) is 0.313. The number of pyridine rings is 1. The van der Waals surface area contributed by atoms with E-state index in [2.05, 4.69) is 20.2 Å². The van der Waals surface area contributed by atoms with Crippen LogP contribution in [0.4, 0.5) is 11.5 Å². The zero-order valence-corrected chi connectivity index (χ0v) is 18.1. The molecule has 1 N–H and O–H groups in total. The number of nitro benzene ring substituents is 1. The fourth-order valence-electron chi connectivity index (χ4n) is 3.95. The number of esters is 1. The lowest BCUT2D eigenvalue weighted by Crippen LogP contribution is -2.57. The summed E-state index contributed by atoms with van der Waals surface area (Å²) in [6.07, 6.45) is 1.75. The Bertz CT molecular complexity index is 1050. The fourth-order valence-corrected chi connectivity index (χ4v) is 3.95. The molecule has 1 amide bonds. The van der Waals surface area contributed by atoms with Gasteiger partial charge in [-0.2, -0.15) is 0 Å². The van der Waals surface area contributed by atoms with Gasteiger partial charge in [0.15, 0.2) is 5.92 Å². The molecule has 2 aromatic rings. The maximum absolute atomic E-state index is 13.0. The van der Waals surface area contributed by atoms with E-state index in [9.17, 15) is 19.7 Å². The van der Waals surface area contributed by atoms with Crippen molar-refractivity contribution >= 4 is 29.3 Å². The van der Waals surface area contributed by atoms with E-state index < -0.39 is 28.8 Å². The Morgan fingerprint density at radius 3 is 2.45 bits per heavy atom. The van der Waals surface area contributed by atoms with E-state index in [1.807, 2.05) is 23.1 Å². The first-order valence-corrected chi connectivity index (χ1v) is 10.7. The van der Waals surface area contributed by atoms with Crippen LogP contribution in [0, 0.1) is 16.0 Å². The van der Waals surface area contributed by atoms with Crippen molar-refractivity contribution in [3.63, 3.8) is 0 Å². The minimum atomic E-state index is -1.18. The van der Waals surface area contributed by atoms with Crippen LogP contribution in [0.3, 0.4) is 0 Å². The van der Waals surface area contributed by atoms with Gasteiger partial charge in [-0.3, -0.25) is 25.0 Å². The second-order valence-corrected chi connectivity index (χ2v) is 7.63. The number of benzene rings is 1. The predicted octanol–water partition coefficient (Wildman–Crippen LogP) is 1.52. The number of carbonyl (C=O) groups is 2. The molecular weight excluding hydrogens is 428 g/mol. The van der Waals surface area contributed by atoms with Crippen LogP contribution in [0.2, 0.25) is 0 Å². The van der Waals surface area contributed by atoms with Crippen molar-refractivity contribution in [3.8, 4) is 0 Å². The van der Waals surface area contributed by atoms with Gasteiger partial charge in [-0.15, -0.1) is 0 Å². The number of aromatic nitrogens is 1. The topological polar surface area (TPSA) is 130 Å². The van der Waals surface area contributed by atoms with Crippen LogP contribution >= 0.6 is 0 Å². The standard InChI is InChI=1S/C22H24N6O5/c1-2-33-21(30)18-19(15-6-8-16(9-7-15)28(31)32)24-22(25-20(18)29)27-13-11-26(12-14-27)17-5-3-4-10-23-17/h3-10,18-19H,2,11-14H2,1H3,(H,24,25,29)/t18-,19+/m0/s1. The average molecular weight is 452 g/mol. The van der Waals surface area contributed by atoms with Gasteiger partial charge < -0.3 is 14.5 Å². The molecule has 0 radical (unpaired) electrons. The molecule has 1 saturated heterocycles. The summed E-state index contributed by atoms with van der Waals surface area (Å²) in [5, 5.41) is 13.8. The van der Waals surface area contributed by atoms with Crippen molar-refractivity contribution in [2.24, 2.45) is 10.9 Å². The third-order valence-corrected chi connectivity index (χ3v) is 5.63. The molecule has 0 saturated carbocycles. The normalized spacial score (nSPS) is 20.6. The smallest absolute Gasteiger partial charge is 0.321 e. The predicted molar refractivity (Wildman–Crippen MR) is 120 cm³/mol. The number of hydrogen-bond donors (Lipinski definition) is 1. The van der Waals surface area contributed by atoms with E-state index in [1.54, 1.807) is 13.1 Å². The number of nitro groups is 1. The summed E-state index contributed by atoms with van der Waals surface area (Å²) < 4.78 is 5.10. The molecule has 11 nitrogen and oxygen atoms in total. The molecule has 2 aliphatic heterocycles. The van der Waals surface area contributed by atoms with Gasteiger partial charge >= 0.3 is 5.97 Å². The van der Waals surface area contributed by atoms with Gasteiger partial charge in [0, 0.05) is 44.5 Å². The molecule has 0 aliphatic carbocycles. The number of aliphatic imine (C=N–C) groups is 1. The van der Waals surface area contributed by atoms with Crippen molar-refractivity contribution in [1.82, 2.24) is 15.2 Å². The number of piperazine rings is 1. The number of hydrogen-bond acceptors (Lipinski definition) is 9. The number of amides is 1. The average Bonchev–Trinajstić information content (AvgIpc) is 2.84. The maximum Gasteiger partial charge on any atom is 0.321 e. The monoisotopic (exact) mass is 452 g/mol. The van der Waals surface area contributed by atoms with E-state index in [0.717, 1.165) is 5.82 Å². The minimum absolute atomic E-state index is 0.0819. The minimum Gasteiger partial charge on any atom is -0.465 e. The third-order valence-electron chi connectivity index (χ3n) is 5.63. The highest BCUT2D eigenvalue weighted by atomic mass is 16.6. The lowest BCUT2D eigenvalue weighted by atomic mass is 9.91. The zero-order valence-electron chi connectivity index (χ0n) is 18.1. The Morgan fingerprint density at radius 2 is 1.85 bits per heavy atom. The highest BCUT2D eigenvalue weighted by Gasteiger charge is 2.42. The van der Waals surface area contributed by atoms with Crippen molar-refractivity contribution in [3.05, 3.63) is 64.3 Å². The number of carbonyl (C=O) groups excluding carboxylic acids is 2. The van der Waals surface area contributed by atoms with Crippen LogP contribution in [-0.2, 0) is 14.3 Å². The summed E-state index contributed by atoms with van der Waals surface area (Å²) in [5.74, 6) is -1.09. The Kier molecular flexibility index (Phi) is 6.48. The van der Waals surface area contributed by atoms with Gasteiger partial charge in [-0.05, 0) is 24.6 Å². The van der Waals surface area contributed by atoms with Crippen LogP contribution in [-0.4, -0.2) is 65.4 Å². The first kappa shape index (κ1) is 22.2. The van der Waals surface area contributed by atoms with Crippen molar-refractivity contribution in [2.75, 3.05) is 37.7 Å². The second-order valence-electron chi connectivity index (χ2n) is 7.63. The Morgan fingerprint density at radius 1 is 1.15 bits per heavy atom. The molecule has 3 heterocycles. The van der Waals surface area contributed by atoms with E-state index in [0.29, 0.717) is 37.7 Å². The molecule has 11 heteroatoms. The van der Waals surface area contributed by atoms with E-state index >= 15 is 0 Å². The Hall–Kier alpha value is -4.02. The molecule has 0 bridgehead atoms. The van der Waals surface area contributed by atoms with E-state index in [1.165, 1.54) is 24.3 Å². The molecule has 2 aliphatic rings. The van der Waals surface area contributed by atoms with E-state index in [4.69, 9.17) is 4.74 Å². The summed E-state index contributed by atoms with van der Waals surface area (Å²) in [5.41, 5.74) is 0.444. The van der Waals surface area contributed by atoms with Gasteiger partial charge in [0.25, 0.3) is 5.69 Å². The second kappa shape index (κ2) is 9.63. The lowest BCUT2D eigenvalue weighted by Gasteiger charge is -2.39. The maximum atomic E-state index is 13.0. The molecule has 1 fully saturated rings. The molecule has 2 atom stereocenters. The first-order chi connectivity index (χ1) is 16.0. The van der Waals surface area contributed by atoms with Gasteiger partial charge in [0.1, 0.15) is 11.9 Å². The molecule has 1 aromatic heterocycles. The summed E-state index contributed by atoms with van der Waals surface area (Å²) in [6.45, 7) is 4.38. The van der Waals surface area contributed by atoms with Crippen molar-refractivity contribution in [2.45, 2.75) is 13.0 Å². The Balaban J connectivity index is 1.58. The van der Waals surface area contributed by atoms with Gasteiger partial charge in [0.05, 0.1) is 11.5 Å². The number of anilines is 1. The number of nitrogens with one attached hydrogen (secondary N) is 1. The summed E-state index contributed by atoms with van der Waals surface area (Å²) in [4.78, 5) is 49.2. The summed E-state index contributed by atoms with van der Waals surface area (Å²) in [7, 11) is 0. The summed E-state index contributed by atoms with van der Waals surface area (Å²) in [6, 6.07) is 10.6. The zero-order chi connectivity index (χ0) is 23.4. The van der Waals surface area contributed by atoms with Gasteiger partial charge in [-0.1, -0.05) is 18.2 Å². The molecular formula is C22H24N6O5. The highest BCUT2D eigenvalue weighted by molar-refractivity contribution is 6.08. The summed E-state index contributed by atoms with van der Waals surface area (Å²) >= 11 is 0. The van der Waals surface area contributed by atoms with Crippen LogP contribution in [0.5, 0.6) is 0 Å². The lowest BCUT2D eigenvalue weighted by molar-refractivity contribution is -0.384. The van der Waals surface area contributed by atoms with E-state index in [-0.39, 0.29) is 12.3 Å². The third kappa shape index (κ3) is 4.76. The number of guanidine groups is 1. The van der Waals surface area contributed by atoms with Crippen molar-refractivity contribution < 1.29 is 19.2 Å². The van der Waals surface area contributed by atoms with Gasteiger partial charge in [-0.25, -0.2) is 9.98 Å². The number of rotatable bonds is 5. The van der Waals surface area contributed by atoms with Crippen LogP contribution in [0.15, 0.2) is 53.7 Å². The molecule has 0 spiro atoms. The number of non-ortho nitro benzene ring substituents is 1. The van der Waals surface area contributed by atoms with Crippen LogP contribution < -0.4 is 10.2 Å². The SMILES string of the molecule is CCOC(=O)[C@@H]1C(=O)NC(N2CCN(c3ccccn3)CC2)=N[C@@H]1c1ccc([N+](=O)[O-])cc1. The highest BCUT2D eigenvalue weighted by Crippen LogP contribution is 2.32. The van der Waals surface area contributed by atoms with Crippen molar-refractivity contribution in [1.29, 1.82) is 0 Å². The largest absolute Gasteiger partial charge is 0.465 e. The van der Waals surface area contributed by atoms with Crippen LogP contribution in [0.25, 0.3) is 0 Å². The molecule has 1 aromatic carbocycles. The fraction of sp³-hybridized carbons (Fsp3) is 0.364. The molecule has 172 valence electrons. The van der Waals surface area contributed by atoms with Gasteiger partial charge in [0.2, 0.25) is 11.9 Å². The molecule has 4 rings (SSSR count). The Labute approximate surface area is 190 Å². The number of ether oxygens (including phenoxy) is 1. The molecule has 0 unspecified atom stereocenters. The van der Waals surface area contributed by atoms with Crippen LogP contribution in [0.1, 0.15) is 18.5 Å². The molecule has 33 heavy (non-hydrogen) atoms. The number of nitrogens with zero attached hydrogens (tertiary/aromatic N) is 5. The first-order valence-electron chi connectivity index (χ1n) is 10.7.